The molecule has 0 unspecified atom stereocenters. The first kappa shape index (κ1) is 8.09. The molecule has 0 fully saturated rings. The van der Waals surface area contributed by atoms with Gasteiger partial charge in [-0.1, -0.05) is 12.5 Å². The van der Waals surface area contributed by atoms with Crippen LogP contribution in [0.4, 0.5) is 0 Å². The Morgan fingerprint density at radius 1 is 1.75 bits per heavy atom. The maximum Gasteiger partial charge on any atom is -0.00691 e. The summed E-state index contributed by atoms with van der Waals surface area (Å²) in [5.74, 6) is 1.66. The lowest BCUT2D eigenvalue weighted by molar-refractivity contribution is 0.657. The molecule has 0 spiro atoms. The van der Waals surface area contributed by atoms with Crippen LogP contribution in [0.1, 0.15) is 20.3 Å². The van der Waals surface area contributed by atoms with Crippen LogP contribution in [-0.4, -0.2) is 5.75 Å². The molecule has 0 aliphatic heterocycles. The standard InChI is InChI=1S/C7H14S/c1-6(2)4-7(3)5-8/h7-8H,1,4-5H2,2-3H3/t7-/m0/s1. The number of allylic oxidation sites excluding steroid dienone is 1. The molecule has 0 aromatic heterocycles. The van der Waals surface area contributed by atoms with E-state index in [1.807, 2.05) is 0 Å². The van der Waals surface area contributed by atoms with E-state index in [1.54, 1.807) is 0 Å². The zero-order chi connectivity index (χ0) is 6.57. The Kier molecular flexibility index (Phi) is 4.06. The van der Waals surface area contributed by atoms with E-state index in [0.29, 0.717) is 5.92 Å². The van der Waals surface area contributed by atoms with Gasteiger partial charge in [-0.05, 0) is 25.0 Å². The van der Waals surface area contributed by atoms with Gasteiger partial charge in [0.15, 0.2) is 0 Å². The minimum atomic E-state index is 0.691. The third kappa shape index (κ3) is 4.25. The van der Waals surface area contributed by atoms with Crippen molar-refractivity contribution in [3.63, 3.8) is 0 Å². The SMILES string of the molecule is C=C(C)C[C@H](C)CS. The lowest BCUT2D eigenvalue weighted by atomic mass is 10.1. The van der Waals surface area contributed by atoms with E-state index in [2.05, 4.69) is 33.1 Å². The Morgan fingerprint density at radius 2 is 2.25 bits per heavy atom. The zero-order valence-electron chi connectivity index (χ0n) is 5.65. The van der Waals surface area contributed by atoms with Crippen LogP contribution in [0.3, 0.4) is 0 Å². The molecule has 0 radical (unpaired) electrons. The van der Waals surface area contributed by atoms with Crippen molar-refractivity contribution in [3.8, 4) is 0 Å². The normalized spacial score (nSPS) is 13.4. The molecule has 0 heterocycles. The van der Waals surface area contributed by atoms with E-state index in [1.165, 1.54) is 5.57 Å². The molecule has 1 heteroatoms. The van der Waals surface area contributed by atoms with E-state index in [4.69, 9.17) is 0 Å². The fourth-order valence-electron chi connectivity index (χ4n) is 0.659. The Labute approximate surface area is 57.4 Å². The summed E-state index contributed by atoms with van der Waals surface area (Å²) in [7, 11) is 0. The fourth-order valence-corrected chi connectivity index (χ4v) is 0.789. The maximum atomic E-state index is 4.15. The highest BCUT2D eigenvalue weighted by Gasteiger charge is 1.96. The van der Waals surface area contributed by atoms with Crippen LogP contribution in [0.5, 0.6) is 0 Å². The monoisotopic (exact) mass is 130 g/mol. The second-order valence-corrected chi connectivity index (χ2v) is 2.81. The second-order valence-electron chi connectivity index (χ2n) is 2.45. The van der Waals surface area contributed by atoms with Crippen LogP contribution >= 0.6 is 12.6 Å². The summed E-state index contributed by atoms with van der Waals surface area (Å²) >= 11 is 4.15. The average molecular weight is 130 g/mol. The van der Waals surface area contributed by atoms with Crippen LogP contribution < -0.4 is 0 Å². The summed E-state index contributed by atoms with van der Waals surface area (Å²) in [6.07, 6.45) is 1.11. The molecule has 0 aliphatic rings. The Bertz CT molecular complexity index is 76.5. The summed E-state index contributed by atoms with van der Waals surface area (Å²) in [5.41, 5.74) is 1.26. The molecular formula is C7H14S. The predicted octanol–water partition coefficient (Wildman–Crippen LogP) is 2.52. The molecule has 0 amide bonds. The second kappa shape index (κ2) is 4.02. The highest BCUT2D eigenvalue weighted by atomic mass is 32.1. The first-order chi connectivity index (χ1) is 3.66. The van der Waals surface area contributed by atoms with Crippen molar-refractivity contribution in [2.45, 2.75) is 20.3 Å². The minimum Gasteiger partial charge on any atom is -0.179 e. The fraction of sp³-hybridized carbons (Fsp3) is 0.714. The molecule has 0 N–H and O–H groups in total. The molecule has 0 aromatic rings. The zero-order valence-corrected chi connectivity index (χ0v) is 6.54. The highest BCUT2D eigenvalue weighted by molar-refractivity contribution is 7.80. The summed E-state index contributed by atoms with van der Waals surface area (Å²) in [5, 5.41) is 0. The van der Waals surface area contributed by atoms with E-state index in [0.717, 1.165) is 12.2 Å². The van der Waals surface area contributed by atoms with Gasteiger partial charge in [-0.25, -0.2) is 0 Å². The van der Waals surface area contributed by atoms with Gasteiger partial charge in [0, 0.05) is 0 Å². The average Bonchev–Trinajstić information content (AvgIpc) is 1.65. The third-order valence-corrected chi connectivity index (χ3v) is 1.63. The minimum absolute atomic E-state index is 0.691. The molecule has 0 bridgehead atoms. The Morgan fingerprint density at radius 3 is 2.38 bits per heavy atom. The van der Waals surface area contributed by atoms with Crippen molar-refractivity contribution in [1.82, 2.24) is 0 Å². The number of hydrogen-bond donors (Lipinski definition) is 1. The van der Waals surface area contributed by atoms with Crippen molar-refractivity contribution in [2.75, 3.05) is 5.75 Å². The Balaban J connectivity index is 3.24. The molecule has 0 nitrogen and oxygen atoms in total. The van der Waals surface area contributed by atoms with Gasteiger partial charge >= 0.3 is 0 Å². The van der Waals surface area contributed by atoms with Gasteiger partial charge in [0.1, 0.15) is 0 Å². The van der Waals surface area contributed by atoms with Crippen molar-refractivity contribution in [3.05, 3.63) is 12.2 Å². The van der Waals surface area contributed by atoms with Crippen LogP contribution in [0.2, 0.25) is 0 Å². The van der Waals surface area contributed by atoms with Gasteiger partial charge in [-0.15, -0.1) is 6.58 Å². The molecule has 0 aromatic carbocycles. The lowest BCUT2D eigenvalue weighted by Crippen LogP contribution is -1.95. The summed E-state index contributed by atoms with van der Waals surface area (Å²) in [6, 6.07) is 0. The van der Waals surface area contributed by atoms with Crippen molar-refractivity contribution < 1.29 is 0 Å². The predicted molar refractivity (Wildman–Crippen MR) is 42.4 cm³/mol. The quantitative estimate of drug-likeness (QED) is 0.440. The van der Waals surface area contributed by atoms with Gasteiger partial charge in [-0.3, -0.25) is 0 Å². The lowest BCUT2D eigenvalue weighted by Gasteiger charge is -2.04. The smallest absolute Gasteiger partial charge is 0.00691 e. The molecule has 0 saturated carbocycles. The summed E-state index contributed by atoms with van der Waals surface area (Å²) in [4.78, 5) is 0. The van der Waals surface area contributed by atoms with Crippen molar-refractivity contribution in [1.29, 1.82) is 0 Å². The van der Waals surface area contributed by atoms with Crippen LogP contribution in [0.25, 0.3) is 0 Å². The van der Waals surface area contributed by atoms with Crippen molar-refractivity contribution >= 4 is 12.6 Å². The van der Waals surface area contributed by atoms with E-state index >= 15 is 0 Å². The number of rotatable bonds is 3. The van der Waals surface area contributed by atoms with E-state index < -0.39 is 0 Å². The number of hydrogen-bond acceptors (Lipinski definition) is 1. The van der Waals surface area contributed by atoms with Crippen molar-refractivity contribution in [2.24, 2.45) is 5.92 Å². The van der Waals surface area contributed by atoms with E-state index in [-0.39, 0.29) is 0 Å². The van der Waals surface area contributed by atoms with Gasteiger partial charge in [0.25, 0.3) is 0 Å². The van der Waals surface area contributed by atoms with Crippen LogP contribution in [0, 0.1) is 5.92 Å². The highest BCUT2D eigenvalue weighted by Crippen LogP contribution is 2.09. The summed E-state index contributed by atoms with van der Waals surface area (Å²) < 4.78 is 0. The topological polar surface area (TPSA) is 0 Å². The van der Waals surface area contributed by atoms with Crippen LogP contribution in [0.15, 0.2) is 12.2 Å². The molecule has 1 atom stereocenters. The van der Waals surface area contributed by atoms with Gasteiger partial charge in [0.05, 0.1) is 0 Å². The Hall–Kier alpha value is 0.0900. The maximum absolute atomic E-state index is 4.15. The van der Waals surface area contributed by atoms with Crippen LogP contribution in [-0.2, 0) is 0 Å². The van der Waals surface area contributed by atoms with Gasteiger partial charge in [-0.2, -0.15) is 12.6 Å². The molecule has 8 heavy (non-hydrogen) atoms. The summed E-state index contributed by atoms with van der Waals surface area (Å²) in [6.45, 7) is 8.05. The molecule has 0 saturated heterocycles. The molecule has 0 rings (SSSR count). The molecule has 0 aliphatic carbocycles. The number of thiol groups is 1. The molecular weight excluding hydrogens is 116 g/mol. The van der Waals surface area contributed by atoms with E-state index in [9.17, 15) is 0 Å². The first-order valence-electron chi connectivity index (χ1n) is 2.92. The first-order valence-corrected chi connectivity index (χ1v) is 3.55. The largest absolute Gasteiger partial charge is 0.179 e. The van der Waals surface area contributed by atoms with Gasteiger partial charge in [0.2, 0.25) is 0 Å². The molecule has 48 valence electrons. The van der Waals surface area contributed by atoms with Gasteiger partial charge < -0.3 is 0 Å². The third-order valence-electron chi connectivity index (χ3n) is 1.01.